The Hall–Kier alpha value is -2.82. The Balaban J connectivity index is 1.38. The minimum Gasteiger partial charge on any atom is -0.300 e. The van der Waals surface area contributed by atoms with Crippen molar-refractivity contribution in [3.63, 3.8) is 0 Å². The fraction of sp³-hybridized carbons (Fsp3) is 0.545. The zero-order valence-corrected chi connectivity index (χ0v) is 19.1. The Kier molecular flexibility index (Phi) is 5.90. The quantitative estimate of drug-likeness (QED) is 0.564. The van der Waals surface area contributed by atoms with E-state index in [1.807, 2.05) is 0 Å². The van der Waals surface area contributed by atoms with Crippen LogP contribution in [0.5, 0.6) is 0 Å². The number of nitrogens with one attached hydrogen (secondary N) is 1. The summed E-state index contributed by atoms with van der Waals surface area (Å²) in [6, 6.07) is 7.17. The molecule has 8 nitrogen and oxygen atoms in total. The van der Waals surface area contributed by atoms with Gasteiger partial charge in [0.2, 0.25) is 22.8 Å². The number of nitrogens with zero attached hydrogens (tertiary/aromatic N) is 6. The highest BCUT2D eigenvalue weighted by Crippen LogP contribution is 2.46. The van der Waals surface area contributed by atoms with E-state index in [4.69, 9.17) is 0 Å². The Labute approximate surface area is 193 Å². The Morgan fingerprint density at radius 2 is 1.91 bits per heavy atom. The molecule has 2 unspecified atom stereocenters. The molecule has 1 aromatic carbocycles. The van der Waals surface area contributed by atoms with E-state index in [-0.39, 0.29) is 18.7 Å². The Bertz CT molecular complexity index is 1120. The maximum absolute atomic E-state index is 14.0. The van der Waals surface area contributed by atoms with Gasteiger partial charge in [0.15, 0.2) is 0 Å². The molecular weight excluding hydrogens is 448 g/mol. The molecule has 11 heteroatoms. The first-order valence-electron chi connectivity index (χ1n) is 11.2. The van der Waals surface area contributed by atoms with Crippen LogP contribution in [-0.4, -0.2) is 42.2 Å². The smallest absolute Gasteiger partial charge is 0.248 e. The van der Waals surface area contributed by atoms with Gasteiger partial charge in [-0.2, -0.15) is 4.80 Å². The SMILES string of the molecule is Cn1nnc(-c2ccc(C(C(=O)Nc3nnc(C4CCCC4)s3)C3CCC(F)(F)C3)cc2)n1. The molecule has 0 bridgehead atoms. The highest BCUT2D eigenvalue weighted by molar-refractivity contribution is 7.15. The number of halogens is 2. The van der Waals surface area contributed by atoms with Gasteiger partial charge in [0, 0.05) is 24.3 Å². The number of carbonyl (C=O) groups excluding carboxylic acids is 1. The highest BCUT2D eigenvalue weighted by Gasteiger charge is 2.45. The van der Waals surface area contributed by atoms with E-state index < -0.39 is 17.8 Å². The highest BCUT2D eigenvalue weighted by atomic mass is 32.1. The van der Waals surface area contributed by atoms with E-state index in [2.05, 4.69) is 30.9 Å². The van der Waals surface area contributed by atoms with E-state index in [1.165, 1.54) is 29.0 Å². The predicted octanol–water partition coefficient (Wildman–Crippen LogP) is 4.54. The van der Waals surface area contributed by atoms with Crippen molar-refractivity contribution in [2.24, 2.45) is 13.0 Å². The van der Waals surface area contributed by atoms with Crippen molar-refractivity contribution in [3.05, 3.63) is 34.8 Å². The summed E-state index contributed by atoms with van der Waals surface area (Å²) in [6.07, 6.45) is 4.34. The summed E-state index contributed by atoms with van der Waals surface area (Å²) in [5.74, 6) is -3.36. The summed E-state index contributed by atoms with van der Waals surface area (Å²) in [5.41, 5.74) is 1.43. The Morgan fingerprint density at radius 1 is 1.15 bits per heavy atom. The van der Waals surface area contributed by atoms with Crippen molar-refractivity contribution in [2.45, 2.75) is 62.7 Å². The van der Waals surface area contributed by atoms with Crippen LogP contribution in [0.2, 0.25) is 0 Å². The van der Waals surface area contributed by atoms with Gasteiger partial charge in [-0.05, 0) is 36.0 Å². The molecule has 2 fully saturated rings. The van der Waals surface area contributed by atoms with Gasteiger partial charge in [0.25, 0.3) is 0 Å². The van der Waals surface area contributed by atoms with Crippen LogP contribution in [0.3, 0.4) is 0 Å². The number of amides is 1. The molecule has 3 aromatic rings. The van der Waals surface area contributed by atoms with Crippen molar-refractivity contribution in [1.82, 2.24) is 30.4 Å². The number of aromatic nitrogens is 6. The zero-order chi connectivity index (χ0) is 23.0. The molecule has 174 valence electrons. The van der Waals surface area contributed by atoms with Crippen LogP contribution in [0.1, 0.15) is 67.4 Å². The van der Waals surface area contributed by atoms with Gasteiger partial charge in [-0.25, -0.2) is 8.78 Å². The van der Waals surface area contributed by atoms with Crippen LogP contribution in [0.4, 0.5) is 13.9 Å². The number of hydrogen-bond donors (Lipinski definition) is 1. The summed E-state index contributed by atoms with van der Waals surface area (Å²) < 4.78 is 28.1. The van der Waals surface area contributed by atoms with Gasteiger partial charge in [0.1, 0.15) is 5.01 Å². The second-order valence-electron chi connectivity index (χ2n) is 8.98. The first-order valence-corrected chi connectivity index (χ1v) is 12.1. The molecule has 1 amide bonds. The van der Waals surface area contributed by atoms with Crippen LogP contribution in [-0.2, 0) is 11.8 Å². The summed E-state index contributed by atoms with van der Waals surface area (Å²) in [4.78, 5) is 14.7. The summed E-state index contributed by atoms with van der Waals surface area (Å²) in [5, 5.41) is 24.6. The molecular formula is C22H25F2N7OS. The molecule has 2 aliphatic rings. The number of carbonyl (C=O) groups is 1. The van der Waals surface area contributed by atoms with Crippen molar-refractivity contribution < 1.29 is 13.6 Å². The summed E-state index contributed by atoms with van der Waals surface area (Å²) in [7, 11) is 1.68. The number of aryl methyl sites for hydroxylation is 1. The molecule has 0 radical (unpaired) electrons. The lowest BCUT2D eigenvalue weighted by Crippen LogP contribution is -2.27. The summed E-state index contributed by atoms with van der Waals surface area (Å²) in [6.45, 7) is 0. The van der Waals surface area contributed by atoms with Crippen molar-refractivity contribution in [2.75, 3.05) is 5.32 Å². The van der Waals surface area contributed by atoms with Crippen LogP contribution >= 0.6 is 11.3 Å². The lowest BCUT2D eigenvalue weighted by Gasteiger charge is -2.23. The van der Waals surface area contributed by atoms with Crippen LogP contribution < -0.4 is 5.32 Å². The number of rotatable bonds is 6. The fourth-order valence-electron chi connectivity index (χ4n) is 4.95. The van der Waals surface area contributed by atoms with E-state index in [0.717, 1.165) is 23.4 Å². The number of alkyl halides is 2. The average molecular weight is 474 g/mol. The van der Waals surface area contributed by atoms with E-state index in [0.29, 0.717) is 28.9 Å². The standard InChI is InChI=1S/C22H25F2N7OS/c1-31-29-18(26-30-31)14-8-6-13(7-9-14)17(16-10-11-22(23,24)12-16)19(32)25-21-28-27-20(33-21)15-4-2-3-5-15/h6-9,15-17H,2-5,10-12H2,1H3,(H,25,28,32). The van der Waals surface area contributed by atoms with Gasteiger partial charge < -0.3 is 0 Å². The fourth-order valence-corrected chi connectivity index (χ4v) is 5.87. The molecule has 0 saturated heterocycles. The summed E-state index contributed by atoms with van der Waals surface area (Å²) >= 11 is 1.39. The molecule has 2 saturated carbocycles. The molecule has 33 heavy (non-hydrogen) atoms. The van der Waals surface area contributed by atoms with Crippen LogP contribution in [0, 0.1) is 5.92 Å². The third-order valence-corrected chi connectivity index (χ3v) is 7.61. The minimum atomic E-state index is -2.74. The van der Waals surface area contributed by atoms with Crippen molar-refractivity contribution in [1.29, 1.82) is 0 Å². The van der Waals surface area contributed by atoms with Crippen molar-refractivity contribution in [3.8, 4) is 11.4 Å². The van der Waals surface area contributed by atoms with Gasteiger partial charge in [0.05, 0.1) is 13.0 Å². The number of anilines is 1. The topological polar surface area (TPSA) is 98.5 Å². The lowest BCUT2D eigenvalue weighted by atomic mass is 9.83. The lowest BCUT2D eigenvalue weighted by molar-refractivity contribution is -0.118. The minimum absolute atomic E-state index is 0.201. The van der Waals surface area contributed by atoms with Gasteiger partial charge in [-0.3, -0.25) is 10.1 Å². The van der Waals surface area contributed by atoms with Crippen LogP contribution in [0.25, 0.3) is 11.4 Å². The Morgan fingerprint density at radius 3 is 2.55 bits per heavy atom. The maximum atomic E-state index is 14.0. The molecule has 2 aliphatic carbocycles. The molecule has 2 atom stereocenters. The first kappa shape index (κ1) is 22.0. The van der Waals surface area contributed by atoms with E-state index in [1.54, 1.807) is 31.3 Å². The second-order valence-corrected chi connectivity index (χ2v) is 9.99. The second kappa shape index (κ2) is 8.85. The third kappa shape index (κ3) is 4.78. The van der Waals surface area contributed by atoms with Gasteiger partial charge in [-0.1, -0.05) is 48.4 Å². The largest absolute Gasteiger partial charge is 0.300 e. The monoisotopic (exact) mass is 473 g/mol. The number of benzene rings is 1. The first-order chi connectivity index (χ1) is 15.9. The predicted molar refractivity (Wildman–Crippen MR) is 119 cm³/mol. The third-order valence-electron chi connectivity index (χ3n) is 6.61. The van der Waals surface area contributed by atoms with E-state index in [9.17, 15) is 13.6 Å². The van der Waals surface area contributed by atoms with Crippen LogP contribution in [0.15, 0.2) is 24.3 Å². The zero-order valence-electron chi connectivity index (χ0n) is 18.2. The molecule has 0 spiro atoms. The maximum Gasteiger partial charge on any atom is 0.248 e. The van der Waals surface area contributed by atoms with Gasteiger partial charge in [-0.15, -0.1) is 20.4 Å². The van der Waals surface area contributed by atoms with E-state index >= 15 is 0 Å². The normalized spacial score (nSPS) is 21.4. The van der Waals surface area contributed by atoms with Gasteiger partial charge >= 0.3 is 0 Å². The number of tetrazole rings is 1. The molecule has 2 heterocycles. The molecule has 2 aromatic heterocycles. The average Bonchev–Trinajstić information content (AvgIpc) is 3.57. The van der Waals surface area contributed by atoms with Crippen molar-refractivity contribution >= 4 is 22.4 Å². The molecule has 0 aliphatic heterocycles. The molecule has 5 rings (SSSR count). The molecule has 1 N–H and O–H groups in total. The number of hydrogen-bond acceptors (Lipinski definition) is 7.